The lowest BCUT2D eigenvalue weighted by Gasteiger charge is -1.99. The summed E-state index contributed by atoms with van der Waals surface area (Å²) in [4.78, 5) is 0. The van der Waals surface area contributed by atoms with Crippen LogP contribution in [0.5, 0.6) is 0 Å². The molecule has 1 heteroatoms. The van der Waals surface area contributed by atoms with E-state index in [1.54, 1.807) is 0 Å². The topological polar surface area (TPSA) is 20.2 Å². The first-order chi connectivity index (χ1) is 4.52. The Hall–Kier alpha value is -0.560. The average molecular weight is 140 g/mol. The first-order valence-corrected chi connectivity index (χ1v) is 3.50. The second-order valence-electron chi connectivity index (χ2n) is 2.98. The van der Waals surface area contributed by atoms with Crippen molar-refractivity contribution in [3.8, 4) is 0 Å². The lowest BCUT2D eigenvalue weighted by Crippen LogP contribution is -1.97. The second kappa shape index (κ2) is 4.29. The van der Waals surface area contributed by atoms with E-state index in [-0.39, 0.29) is 0 Å². The molecule has 0 aliphatic carbocycles. The zero-order valence-corrected chi connectivity index (χ0v) is 7.18. The summed E-state index contributed by atoms with van der Waals surface area (Å²) >= 11 is 0. The van der Waals surface area contributed by atoms with Gasteiger partial charge in [-0.3, -0.25) is 0 Å². The Kier molecular flexibility index (Phi) is 4.05. The van der Waals surface area contributed by atoms with Gasteiger partial charge < -0.3 is 5.11 Å². The van der Waals surface area contributed by atoms with Crippen LogP contribution < -0.4 is 0 Å². The van der Waals surface area contributed by atoms with Gasteiger partial charge in [-0.15, -0.1) is 0 Å². The largest absolute Gasteiger partial charge is 0.385 e. The predicted molar refractivity (Wildman–Crippen MR) is 44.9 cm³/mol. The van der Waals surface area contributed by atoms with E-state index in [1.165, 1.54) is 0 Å². The van der Waals surface area contributed by atoms with Gasteiger partial charge in [-0.25, -0.2) is 0 Å². The van der Waals surface area contributed by atoms with E-state index in [1.807, 2.05) is 39.8 Å². The zero-order valence-electron chi connectivity index (χ0n) is 7.18. The minimum atomic E-state index is -0.407. The van der Waals surface area contributed by atoms with E-state index in [0.717, 1.165) is 11.1 Å². The van der Waals surface area contributed by atoms with Crippen LogP contribution in [0.2, 0.25) is 0 Å². The zero-order chi connectivity index (χ0) is 8.15. The molecule has 10 heavy (non-hydrogen) atoms. The predicted octanol–water partition coefficient (Wildman–Crippen LogP) is 2.28. The fourth-order valence-corrected chi connectivity index (χ4v) is 0.731. The first-order valence-electron chi connectivity index (χ1n) is 3.50. The number of aliphatic hydroxyl groups is 1. The fourth-order valence-electron chi connectivity index (χ4n) is 0.731. The Labute approximate surface area is 63.1 Å². The van der Waals surface area contributed by atoms with Crippen LogP contribution in [0.1, 0.15) is 27.7 Å². The fraction of sp³-hybridized carbons (Fsp3) is 0.556. The van der Waals surface area contributed by atoms with Gasteiger partial charge in [-0.2, -0.15) is 0 Å². The molecule has 0 saturated carbocycles. The summed E-state index contributed by atoms with van der Waals surface area (Å²) in [5, 5.41) is 9.24. The molecular formula is C9H16O. The van der Waals surface area contributed by atoms with Gasteiger partial charge in [0.05, 0.1) is 6.10 Å². The minimum Gasteiger partial charge on any atom is -0.385 e. The highest BCUT2D eigenvalue weighted by molar-refractivity contribution is 5.09. The van der Waals surface area contributed by atoms with Gasteiger partial charge in [-0.1, -0.05) is 23.3 Å². The van der Waals surface area contributed by atoms with Crippen molar-refractivity contribution in [2.45, 2.75) is 33.8 Å². The van der Waals surface area contributed by atoms with Gasteiger partial charge in [-0.05, 0) is 27.7 Å². The summed E-state index contributed by atoms with van der Waals surface area (Å²) in [6.45, 7) is 7.90. The molecule has 1 N–H and O–H groups in total. The second-order valence-corrected chi connectivity index (χ2v) is 2.98. The van der Waals surface area contributed by atoms with Crippen LogP contribution in [0.15, 0.2) is 23.3 Å². The molecule has 0 aliphatic heterocycles. The maximum absolute atomic E-state index is 9.24. The molecule has 1 nitrogen and oxygen atoms in total. The van der Waals surface area contributed by atoms with E-state index in [2.05, 4.69) is 0 Å². The summed E-state index contributed by atoms with van der Waals surface area (Å²) in [6.07, 6.45) is 3.25. The van der Waals surface area contributed by atoms with Crippen molar-refractivity contribution in [2.75, 3.05) is 0 Å². The Morgan fingerprint density at radius 3 is 1.50 bits per heavy atom. The molecule has 0 aliphatic rings. The van der Waals surface area contributed by atoms with Crippen molar-refractivity contribution in [1.82, 2.24) is 0 Å². The van der Waals surface area contributed by atoms with Crippen molar-refractivity contribution in [3.05, 3.63) is 23.3 Å². The monoisotopic (exact) mass is 140 g/mol. The van der Waals surface area contributed by atoms with Crippen LogP contribution in [0.3, 0.4) is 0 Å². The lowest BCUT2D eigenvalue weighted by atomic mass is 10.2. The van der Waals surface area contributed by atoms with Gasteiger partial charge in [0.15, 0.2) is 0 Å². The van der Waals surface area contributed by atoms with Crippen molar-refractivity contribution in [1.29, 1.82) is 0 Å². The van der Waals surface area contributed by atoms with Crippen LogP contribution in [-0.2, 0) is 0 Å². The van der Waals surface area contributed by atoms with Gasteiger partial charge in [0.1, 0.15) is 0 Å². The number of hydrogen-bond acceptors (Lipinski definition) is 1. The van der Waals surface area contributed by atoms with Crippen LogP contribution in [-0.4, -0.2) is 11.2 Å². The number of hydrogen-bond donors (Lipinski definition) is 1. The molecule has 0 rings (SSSR count). The van der Waals surface area contributed by atoms with Gasteiger partial charge in [0.25, 0.3) is 0 Å². The van der Waals surface area contributed by atoms with Crippen molar-refractivity contribution in [3.63, 3.8) is 0 Å². The minimum absolute atomic E-state index is 0.407. The molecule has 0 heterocycles. The maximum atomic E-state index is 9.24. The molecule has 0 amide bonds. The van der Waals surface area contributed by atoms with E-state index >= 15 is 0 Å². The standard InChI is InChI=1S/C9H16O/c1-7(2)5-9(10)6-8(3)4/h5-6,9-10H,1-4H3. The highest BCUT2D eigenvalue weighted by Crippen LogP contribution is 1.99. The molecule has 0 spiro atoms. The van der Waals surface area contributed by atoms with Crippen molar-refractivity contribution < 1.29 is 5.11 Å². The van der Waals surface area contributed by atoms with Crippen LogP contribution in [0.4, 0.5) is 0 Å². The molecule has 0 unspecified atom stereocenters. The van der Waals surface area contributed by atoms with Crippen LogP contribution in [0.25, 0.3) is 0 Å². The van der Waals surface area contributed by atoms with Gasteiger partial charge in [0.2, 0.25) is 0 Å². The maximum Gasteiger partial charge on any atom is 0.0907 e. The molecule has 0 saturated heterocycles. The molecule has 0 aromatic carbocycles. The van der Waals surface area contributed by atoms with E-state index in [4.69, 9.17) is 0 Å². The summed E-state index contributed by atoms with van der Waals surface area (Å²) in [5.74, 6) is 0. The summed E-state index contributed by atoms with van der Waals surface area (Å²) in [6, 6.07) is 0. The molecule has 0 fully saturated rings. The third-order valence-electron chi connectivity index (χ3n) is 1.01. The average Bonchev–Trinajstić information content (AvgIpc) is 1.58. The quantitative estimate of drug-likeness (QED) is 0.583. The van der Waals surface area contributed by atoms with Gasteiger partial charge in [0, 0.05) is 0 Å². The summed E-state index contributed by atoms with van der Waals surface area (Å²) in [7, 11) is 0. The Balaban J connectivity index is 3.99. The lowest BCUT2D eigenvalue weighted by molar-refractivity contribution is 0.270. The molecule has 58 valence electrons. The smallest absolute Gasteiger partial charge is 0.0907 e. The Morgan fingerprint density at radius 2 is 1.30 bits per heavy atom. The molecular weight excluding hydrogens is 124 g/mol. The van der Waals surface area contributed by atoms with Gasteiger partial charge >= 0.3 is 0 Å². The third kappa shape index (κ3) is 5.57. The highest BCUT2D eigenvalue weighted by atomic mass is 16.3. The van der Waals surface area contributed by atoms with E-state index < -0.39 is 6.10 Å². The molecule has 0 atom stereocenters. The van der Waals surface area contributed by atoms with E-state index in [0.29, 0.717) is 0 Å². The summed E-state index contributed by atoms with van der Waals surface area (Å²) < 4.78 is 0. The molecule has 0 aromatic heterocycles. The highest BCUT2D eigenvalue weighted by Gasteiger charge is 1.92. The third-order valence-corrected chi connectivity index (χ3v) is 1.01. The van der Waals surface area contributed by atoms with Crippen LogP contribution >= 0.6 is 0 Å². The van der Waals surface area contributed by atoms with Crippen LogP contribution in [0, 0.1) is 0 Å². The van der Waals surface area contributed by atoms with Crippen molar-refractivity contribution >= 4 is 0 Å². The molecule has 0 radical (unpaired) electrons. The van der Waals surface area contributed by atoms with Crippen molar-refractivity contribution in [2.24, 2.45) is 0 Å². The Bertz CT molecular complexity index is 128. The SMILES string of the molecule is CC(C)=CC(O)C=C(C)C. The normalized spacial score (nSPS) is 9.40. The number of aliphatic hydroxyl groups excluding tert-OH is 1. The molecule has 0 aromatic rings. The Morgan fingerprint density at radius 1 is 1.00 bits per heavy atom. The summed E-state index contributed by atoms with van der Waals surface area (Å²) in [5.41, 5.74) is 2.29. The first kappa shape index (κ1) is 9.44. The number of allylic oxidation sites excluding steroid dienone is 2. The molecule has 0 bridgehead atoms. The van der Waals surface area contributed by atoms with E-state index in [9.17, 15) is 5.11 Å². The number of rotatable bonds is 2.